The molecule has 1 aliphatic carbocycles. The van der Waals surface area contributed by atoms with Crippen molar-refractivity contribution in [3.05, 3.63) is 63.9 Å². The fourth-order valence-electron chi connectivity index (χ4n) is 2.71. The first-order valence-corrected chi connectivity index (χ1v) is 7.35. The third kappa shape index (κ3) is 3.24. The second-order valence-electron chi connectivity index (χ2n) is 5.31. The Kier molecular flexibility index (Phi) is 3.93. The van der Waals surface area contributed by atoms with E-state index in [9.17, 15) is 9.18 Å². The van der Waals surface area contributed by atoms with Crippen molar-refractivity contribution >= 4 is 23.2 Å². The van der Waals surface area contributed by atoms with Gasteiger partial charge in [-0.05, 0) is 54.2 Å². The molecule has 0 fully saturated rings. The first-order chi connectivity index (χ1) is 10.1. The molecule has 1 amide bonds. The fraction of sp³-hybridized carbons (Fsp3) is 0.235. The summed E-state index contributed by atoms with van der Waals surface area (Å²) in [5.74, 6) is -0.571. The van der Waals surface area contributed by atoms with Crippen molar-refractivity contribution in [1.29, 1.82) is 0 Å². The maximum Gasteiger partial charge on any atom is 0.228 e. The summed E-state index contributed by atoms with van der Waals surface area (Å²) in [6, 6.07) is 10.1. The number of rotatable bonds is 3. The number of nitrogens with one attached hydrogen (secondary N) is 1. The number of hydrogen-bond donors (Lipinski definition) is 1. The Morgan fingerprint density at radius 2 is 1.95 bits per heavy atom. The van der Waals surface area contributed by atoms with Crippen LogP contribution in [-0.4, -0.2) is 5.91 Å². The summed E-state index contributed by atoms with van der Waals surface area (Å²) in [6.07, 6.45) is 3.71. The van der Waals surface area contributed by atoms with Crippen LogP contribution >= 0.6 is 11.6 Å². The van der Waals surface area contributed by atoms with Gasteiger partial charge >= 0.3 is 0 Å². The van der Waals surface area contributed by atoms with Crippen LogP contribution in [0.25, 0.3) is 0 Å². The van der Waals surface area contributed by atoms with Gasteiger partial charge in [-0.3, -0.25) is 4.79 Å². The second-order valence-corrected chi connectivity index (χ2v) is 5.71. The van der Waals surface area contributed by atoms with Crippen LogP contribution in [0.2, 0.25) is 5.02 Å². The van der Waals surface area contributed by atoms with Crippen molar-refractivity contribution in [2.45, 2.75) is 25.7 Å². The third-order valence-corrected chi connectivity index (χ3v) is 4.05. The molecule has 0 heterocycles. The molecule has 0 unspecified atom stereocenters. The van der Waals surface area contributed by atoms with E-state index in [4.69, 9.17) is 11.6 Å². The lowest BCUT2D eigenvalue weighted by Crippen LogP contribution is -2.14. The van der Waals surface area contributed by atoms with Crippen molar-refractivity contribution in [2.75, 3.05) is 5.32 Å². The van der Waals surface area contributed by atoms with E-state index < -0.39 is 5.82 Å². The topological polar surface area (TPSA) is 29.1 Å². The van der Waals surface area contributed by atoms with Crippen molar-refractivity contribution in [3.63, 3.8) is 0 Å². The van der Waals surface area contributed by atoms with Gasteiger partial charge in [0.2, 0.25) is 5.91 Å². The van der Waals surface area contributed by atoms with Crippen molar-refractivity contribution in [3.8, 4) is 0 Å². The van der Waals surface area contributed by atoms with E-state index in [1.165, 1.54) is 35.7 Å². The SMILES string of the molecule is O=C(Cc1ccc2c(c1)CCC2)Nc1ccc(F)cc1Cl. The summed E-state index contributed by atoms with van der Waals surface area (Å²) >= 11 is 5.90. The molecule has 2 nitrogen and oxygen atoms in total. The van der Waals surface area contributed by atoms with Crippen molar-refractivity contribution in [2.24, 2.45) is 0 Å². The van der Waals surface area contributed by atoms with Crippen LogP contribution in [0.3, 0.4) is 0 Å². The van der Waals surface area contributed by atoms with E-state index in [0.29, 0.717) is 12.1 Å². The van der Waals surface area contributed by atoms with E-state index in [1.54, 1.807) is 0 Å². The molecule has 2 aromatic carbocycles. The standard InChI is InChI=1S/C17H15ClFNO/c18-15-10-14(19)6-7-16(15)20-17(21)9-11-4-5-12-2-1-3-13(12)8-11/h4-8,10H,1-3,9H2,(H,20,21). The molecular weight excluding hydrogens is 289 g/mol. The highest BCUT2D eigenvalue weighted by Gasteiger charge is 2.13. The molecule has 0 aromatic heterocycles. The van der Waals surface area contributed by atoms with Gasteiger partial charge in [-0.15, -0.1) is 0 Å². The number of carbonyl (C=O) groups is 1. The smallest absolute Gasteiger partial charge is 0.228 e. The highest BCUT2D eigenvalue weighted by Crippen LogP contribution is 2.24. The Morgan fingerprint density at radius 1 is 1.14 bits per heavy atom. The molecule has 0 saturated carbocycles. The summed E-state index contributed by atoms with van der Waals surface area (Å²) in [7, 11) is 0. The van der Waals surface area contributed by atoms with Gasteiger partial charge in [-0.25, -0.2) is 4.39 Å². The monoisotopic (exact) mass is 303 g/mol. The molecule has 4 heteroatoms. The van der Waals surface area contributed by atoms with Gasteiger partial charge in [0.25, 0.3) is 0 Å². The molecule has 1 N–H and O–H groups in total. The molecule has 21 heavy (non-hydrogen) atoms. The number of halogens is 2. The summed E-state index contributed by atoms with van der Waals surface area (Å²) in [6.45, 7) is 0. The quantitative estimate of drug-likeness (QED) is 0.907. The molecule has 0 atom stereocenters. The van der Waals surface area contributed by atoms with Gasteiger partial charge < -0.3 is 5.32 Å². The number of fused-ring (bicyclic) bond motifs is 1. The van der Waals surface area contributed by atoms with Crippen LogP contribution in [0.4, 0.5) is 10.1 Å². The van der Waals surface area contributed by atoms with Gasteiger partial charge in [0.05, 0.1) is 17.1 Å². The largest absolute Gasteiger partial charge is 0.324 e. The second kappa shape index (κ2) is 5.86. The first-order valence-electron chi connectivity index (χ1n) is 6.97. The highest BCUT2D eigenvalue weighted by molar-refractivity contribution is 6.33. The molecule has 0 bridgehead atoms. The van der Waals surface area contributed by atoms with Gasteiger partial charge in [0, 0.05) is 0 Å². The Hall–Kier alpha value is -1.87. The number of anilines is 1. The summed E-state index contributed by atoms with van der Waals surface area (Å²) in [4.78, 5) is 12.1. The van der Waals surface area contributed by atoms with Crippen LogP contribution in [0.1, 0.15) is 23.1 Å². The zero-order valence-corrected chi connectivity index (χ0v) is 12.2. The number of amides is 1. The van der Waals surface area contributed by atoms with Crippen molar-refractivity contribution in [1.82, 2.24) is 0 Å². The molecule has 0 saturated heterocycles. The summed E-state index contributed by atoms with van der Waals surface area (Å²) in [5.41, 5.74) is 4.16. The van der Waals surface area contributed by atoms with Gasteiger partial charge in [0.1, 0.15) is 5.82 Å². The Bertz CT molecular complexity index is 699. The molecule has 1 aliphatic rings. The van der Waals surface area contributed by atoms with Crippen LogP contribution in [0, 0.1) is 5.82 Å². The van der Waals surface area contributed by atoms with Gasteiger partial charge in [0.15, 0.2) is 0 Å². The maximum atomic E-state index is 13.0. The van der Waals surface area contributed by atoms with Crippen molar-refractivity contribution < 1.29 is 9.18 Å². The third-order valence-electron chi connectivity index (χ3n) is 3.73. The van der Waals surface area contributed by atoms with Crippen LogP contribution in [0.15, 0.2) is 36.4 Å². The van der Waals surface area contributed by atoms with Gasteiger partial charge in [-0.1, -0.05) is 29.8 Å². The normalized spacial score (nSPS) is 13.0. The number of hydrogen-bond acceptors (Lipinski definition) is 1. The predicted octanol–water partition coefficient (Wildman–Crippen LogP) is 4.15. The average molecular weight is 304 g/mol. The van der Waals surface area contributed by atoms with E-state index in [1.807, 2.05) is 6.07 Å². The fourth-order valence-corrected chi connectivity index (χ4v) is 2.92. The zero-order chi connectivity index (χ0) is 14.8. The minimum absolute atomic E-state index is 0.151. The minimum Gasteiger partial charge on any atom is -0.324 e. The lowest BCUT2D eigenvalue weighted by atomic mass is 10.0. The lowest BCUT2D eigenvalue weighted by Gasteiger charge is -2.08. The van der Waals surface area contributed by atoms with E-state index in [-0.39, 0.29) is 10.9 Å². The molecule has 0 radical (unpaired) electrons. The highest BCUT2D eigenvalue weighted by atomic mass is 35.5. The first kappa shape index (κ1) is 14.1. The number of carbonyl (C=O) groups excluding carboxylic acids is 1. The predicted molar refractivity (Wildman–Crippen MR) is 82.2 cm³/mol. The van der Waals surface area contributed by atoms with Crippen LogP contribution < -0.4 is 5.32 Å². The van der Waals surface area contributed by atoms with E-state index >= 15 is 0 Å². The van der Waals surface area contributed by atoms with E-state index in [2.05, 4.69) is 17.4 Å². The maximum absolute atomic E-state index is 13.0. The molecule has 3 rings (SSSR count). The Balaban J connectivity index is 1.69. The van der Waals surface area contributed by atoms with E-state index in [0.717, 1.165) is 18.4 Å². The van der Waals surface area contributed by atoms with Crippen LogP contribution in [0.5, 0.6) is 0 Å². The average Bonchev–Trinajstić information content (AvgIpc) is 2.89. The number of aryl methyl sites for hydroxylation is 2. The Labute approximate surface area is 127 Å². The van der Waals surface area contributed by atoms with Gasteiger partial charge in [-0.2, -0.15) is 0 Å². The lowest BCUT2D eigenvalue weighted by molar-refractivity contribution is -0.115. The molecule has 2 aromatic rings. The van der Waals surface area contributed by atoms with Crippen LogP contribution in [-0.2, 0) is 24.1 Å². The Morgan fingerprint density at radius 3 is 2.76 bits per heavy atom. The minimum atomic E-state index is -0.420. The molecule has 0 aliphatic heterocycles. The molecule has 108 valence electrons. The summed E-state index contributed by atoms with van der Waals surface area (Å²) in [5, 5.41) is 2.92. The molecular formula is C17H15ClFNO. The summed E-state index contributed by atoms with van der Waals surface area (Å²) < 4.78 is 13.0. The molecule has 0 spiro atoms. The number of benzene rings is 2. The zero-order valence-electron chi connectivity index (χ0n) is 11.5.